The second-order valence-corrected chi connectivity index (χ2v) is 2.50. The number of halogens is 3. The van der Waals surface area contributed by atoms with Gasteiger partial charge >= 0.3 is 6.18 Å². The van der Waals surface area contributed by atoms with E-state index >= 15 is 0 Å². The van der Waals surface area contributed by atoms with Gasteiger partial charge in [-0.1, -0.05) is 30.3 Å². The van der Waals surface area contributed by atoms with E-state index in [1.165, 1.54) is 12.1 Å². The summed E-state index contributed by atoms with van der Waals surface area (Å²) < 4.78 is 36.2. The Morgan fingerprint density at radius 1 is 1.08 bits per heavy atom. The van der Waals surface area contributed by atoms with Crippen molar-refractivity contribution in [1.82, 2.24) is 0 Å². The first-order chi connectivity index (χ1) is 5.52. The van der Waals surface area contributed by atoms with Gasteiger partial charge in [-0.05, 0) is 0 Å². The molecule has 0 amide bonds. The fourth-order valence-electron chi connectivity index (χ4n) is 0.874. The fraction of sp³-hybridized carbons (Fsp3) is 0.250. The minimum Gasteiger partial charge on any atom is -0.344 e. The normalized spacial score (nSPS) is 14.3. The van der Waals surface area contributed by atoms with E-state index in [0.29, 0.717) is 0 Å². The average Bonchev–Trinajstić information content (AvgIpc) is 2.03. The highest BCUT2D eigenvalue weighted by Gasteiger charge is 2.41. The molecular formula is C8H9F3N+. The molecule has 66 valence electrons. The number of rotatable bonds is 1. The maximum atomic E-state index is 12.1. The molecule has 0 radical (unpaired) electrons. The zero-order chi connectivity index (χ0) is 9.19. The van der Waals surface area contributed by atoms with Crippen molar-refractivity contribution in [2.24, 2.45) is 0 Å². The molecule has 4 heteroatoms. The summed E-state index contributed by atoms with van der Waals surface area (Å²) in [5.74, 6) is 0. The molecule has 0 aliphatic rings. The number of hydrogen-bond acceptors (Lipinski definition) is 0. The lowest BCUT2D eigenvalue weighted by atomic mass is 10.1. The summed E-state index contributed by atoms with van der Waals surface area (Å²) in [6.45, 7) is 0. The van der Waals surface area contributed by atoms with Crippen LogP contribution in [-0.4, -0.2) is 6.18 Å². The molecule has 0 spiro atoms. The van der Waals surface area contributed by atoms with Crippen LogP contribution in [-0.2, 0) is 0 Å². The lowest BCUT2D eigenvalue weighted by Gasteiger charge is -2.11. The smallest absolute Gasteiger partial charge is 0.344 e. The average molecular weight is 176 g/mol. The van der Waals surface area contributed by atoms with Crippen LogP contribution in [0.4, 0.5) is 13.2 Å². The highest BCUT2D eigenvalue weighted by atomic mass is 19.4. The summed E-state index contributed by atoms with van der Waals surface area (Å²) in [6.07, 6.45) is -4.25. The van der Waals surface area contributed by atoms with Crippen molar-refractivity contribution in [2.75, 3.05) is 0 Å². The third-order valence-electron chi connectivity index (χ3n) is 1.60. The summed E-state index contributed by atoms with van der Waals surface area (Å²) in [5.41, 5.74) is 3.25. The van der Waals surface area contributed by atoms with Crippen LogP contribution in [0.15, 0.2) is 30.3 Å². The third-order valence-corrected chi connectivity index (χ3v) is 1.60. The van der Waals surface area contributed by atoms with Gasteiger partial charge in [0.2, 0.25) is 6.04 Å². The SMILES string of the molecule is [NH3+][C@H](c1ccccc1)C(F)(F)F. The van der Waals surface area contributed by atoms with Gasteiger partial charge in [0, 0.05) is 5.56 Å². The number of hydrogen-bond donors (Lipinski definition) is 1. The molecule has 1 rings (SSSR count). The summed E-state index contributed by atoms with van der Waals surface area (Å²) in [5, 5.41) is 0. The molecule has 0 aliphatic heterocycles. The highest BCUT2D eigenvalue weighted by molar-refractivity contribution is 5.17. The molecule has 0 saturated carbocycles. The van der Waals surface area contributed by atoms with Crippen LogP contribution >= 0.6 is 0 Å². The number of quaternary nitrogens is 1. The summed E-state index contributed by atoms with van der Waals surface area (Å²) in [6, 6.07) is 6.03. The molecule has 1 atom stereocenters. The molecule has 3 N–H and O–H groups in total. The van der Waals surface area contributed by atoms with Gasteiger partial charge in [0.05, 0.1) is 0 Å². The van der Waals surface area contributed by atoms with Crippen LogP contribution in [0.25, 0.3) is 0 Å². The van der Waals surface area contributed by atoms with Crippen molar-refractivity contribution in [3.8, 4) is 0 Å². The quantitative estimate of drug-likeness (QED) is 0.672. The lowest BCUT2D eigenvalue weighted by Crippen LogP contribution is -2.60. The van der Waals surface area contributed by atoms with Crippen LogP contribution in [0.5, 0.6) is 0 Å². The van der Waals surface area contributed by atoms with Crippen LogP contribution in [0, 0.1) is 0 Å². The maximum Gasteiger partial charge on any atom is 0.445 e. The molecule has 1 nitrogen and oxygen atoms in total. The van der Waals surface area contributed by atoms with Gasteiger partial charge in [-0.25, -0.2) is 0 Å². The van der Waals surface area contributed by atoms with E-state index in [1.54, 1.807) is 18.2 Å². The Morgan fingerprint density at radius 2 is 1.58 bits per heavy atom. The monoisotopic (exact) mass is 176 g/mol. The van der Waals surface area contributed by atoms with Gasteiger partial charge in [-0.3, -0.25) is 0 Å². The second kappa shape index (κ2) is 3.15. The van der Waals surface area contributed by atoms with Crippen molar-refractivity contribution in [2.45, 2.75) is 12.2 Å². The highest BCUT2D eigenvalue weighted by Crippen LogP contribution is 2.28. The minimum atomic E-state index is -4.25. The molecule has 0 fully saturated rings. The van der Waals surface area contributed by atoms with Gasteiger partial charge in [0.25, 0.3) is 0 Å². The Balaban J connectivity index is 2.86. The van der Waals surface area contributed by atoms with E-state index in [2.05, 4.69) is 5.73 Å². The topological polar surface area (TPSA) is 27.6 Å². The van der Waals surface area contributed by atoms with Gasteiger partial charge < -0.3 is 5.73 Å². The third kappa shape index (κ3) is 1.98. The van der Waals surface area contributed by atoms with E-state index in [-0.39, 0.29) is 5.56 Å². The number of benzene rings is 1. The molecule has 1 aromatic rings. The Bertz CT molecular complexity index is 242. The van der Waals surface area contributed by atoms with E-state index in [4.69, 9.17) is 0 Å². The Hall–Kier alpha value is -1.03. The van der Waals surface area contributed by atoms with Crippen molar-refractivity contribution >= 4 is 0 Å². The van der Waals surface area contributed by atoms with Crippen molar-refractivity contribution in [1.29, 1.82) is 0 Å². The zero-order valence-electron chi connectivity index (χ0n) is 6.31. The van der Waals surface area contributed by atoms with Crippen LogP contribution in [0.3, 0.4) is 0 Å². The van der Waals surface area contributed by atoms with Gasteiger partial charge in [-0.2, -0.15) is 13.2 Å². The zero-order valence-corrected chi connectivity index (χ0v) is 6.31. The standard InChI is InChI=1S/C8H8F3N/c9-8(10,11)7(12)6-4-2-1-3-5-6/h1-5,7H,12H2/p+1/t7-/m1/s1. The first-order valence-corrected chi connectivity index (χ1v) is 3.46. The summed E-state index contributed by atoms with van der Waals surface area (Å²) in [4.78, 5) is 0. The van der Waals surface area contributed by atoms with Gasteiger partial charge in [-0.15, -0.1) is 0 Å². The molecule has 0 heterocycles. The lowest BCUT2D eigenvalue weighted by molar-refractivity contribution is -0.488. The predicted octanol–water partition coefficient (Wildman–Crippen LogP) is 1.53. The number of alkyl halides is 3. The molecule has 0 saturated heterocycles. The summed E-state index contributed by atoms with van der Waals surface area (Å²) >= 11 is 0. The van der Waals surface area contributed by atoms with E-state index in [1.807, 2.05) is 0 Å². The largest absolute Gasteiger partial charge is 0.445 e. The fourth-order valence-corrected chi connectivity index (χ4v) is 0.874. The van der Waals surface area contributed by atoms with Gasteiger partial charge in [0.1, 0.15) is 0 Å². The van der Waals surface area contributed by atoms with Crippen molar-refractivity contribution in [3.05, 3.63) is 35.9 Å². The summed E-state index contributed by atoms with van der Waals surface area (Å²) in [7, 11) is 0. The molecule has 12 heavy (non-hydrogen) atoms. The Labute approximate surface area is 68.0 Å². The molecule has 0 aromatic heterocycles. The van der Waals surface area contributed by atoms with E-state index in [0.717, 1.165) is 0 Å². The molecule has 0 unspecified atom stereocenters. The van der Waals surface area contributed by atoms with Crippen LogP contribution in [0.2, 0.25) is 0 Å². The molecular weight excluding hydrogens is 167 g/mol. The van der Waals surface area contributed by atoms with Gasteiger partial charge in [0.15, 0.2) is 0 Å². The maximum absolute atomic E-state index is 12.1. The van der Waals surface area contributed by atoms with Crippen LogP contribution < -0.4 is 5.73 Å². The van der Waals surface area contributed by atoms with Crippen molar-refractivity contribution in [3.63, 3.8) is 0 Å². The Morgan fingerprint density at radius 3 is 2.00 bits per heavy atom. The van der Waals surface area contributed by atoms with E-state index in [9.17, 15) is 13.2 Å². The second-order valence-electron chi connectivity index (χ2n) is 2.50. The molecule has 1 aromatic carbocycles. The van der Waals surface area contributed by atoms with Crippen molar-refractivity contribution < 1.29 is 18.9 Å². The first kappa shape index (κ1) is 9.06. The minimum absolute atomic E-state index is 0.199. The first-order valence-electron chi connectivity index (χ1n) is 3.46. The van der Waals surface area contributed by atoms with E-state index < -0.39 is 12.2 Å². The Kier molecular flexibility index (Phi) is 2.38. The van der Waals surface area contributed by atoms with Crippen LogP contribution in [0.1, 0.15) is 11.6 Å². The molecule has 0 bridgehead atoms. The predicted molar refractivity (Wildman–Crippen MR) is 38.1 cm³/mol. The molecule has 0 aliphatic carbocycles.